The van der Waals surface area contributed by atoms with Crippen LogP contribution in [0.5, 0.6) is 5.88 Å². The van der Waals surface area contributed by atoms with Gasteiger partial charge < -0.3 is 14.6 Å². The van der Waals surface area contributed by atoms with Crippen molar-refractivity contribution in [2.45, 2.75) is 6.54 Å². The minimum Gasteiger partial charge on any atom is -0.480 e. The highest BCUT2D eigenvalue weighted by Crippen LogP contribution is 2.09. The van der Waals surface area contributed by atoms with Crippen LogP contribution in [0, 0.1) is 0 Å². The molecule has 0 aliphatic rings. The van der Waals surface area contributed by atoms with Crippen LogP contribution in [0.4, 0.5) is 5.82 Å². The highest BCUT2D eigenvalue weighted by atomic mass is 16.5. The maximum atomic E-state index is 4.98. The Hall–Kier alpha value is -2.11. The second-order valence-corrected chi connectivity index (χ2v) is 3.30. The van der Waals surface area contributed by atoms with Gasteiger partial charge in [0.25, 0.3) is 0 Å². The zero-order valence-corrected chi connectivity index (χ0v) is 9.21. The van der Waals surface area contributed by atoms with Gasteiger partial charge in [0.05, 0.1) is 38.1 Å². The van der Waals surface area contributed by atoms with Crippen LogP contribution in [-0.4, -0.2) is 26.6 Å². The molecule has 0 unspecified atom stereocenters. The lowest BCUT2D eigenvalue weighted by Crippen LogP contribution is -2.05. The van der Waals surface area contributed by atoms with Gasteiger partial charge >= 0.3 is 0 Å². The number of hydrogen-bond acceptors (Lipinski definition) is 5. The first-order valence-corrected chi connectivity index (χ1v) is 4.84. The summed E-state index contributed by atoms with van der Waals surface area (Å²) in [6.07, 6.45) is 6.78. The molecule has 0 spiro atoms. The van der Waals surface area contributed by atoms with Crippen molar-refractivity contribution in [2.75, 3.05) is 12.4 Å². The van der Waals surface area contributed by atoms with Crippen LogP contribution in [0.3, 0.4) is 0 Å². The summed E-state index contributed by atoms with van der Waals surface area (Å²) >= 11 is 0. The van der Waals surface area contributed by atoms with Crippen molar-refractivity contribution < 1.29 is 4.74 Å². The fourth-order valence-corrected chi connectivity index (χ4v) is 1.27. The summed E-state index contributed by atoms with van der Waals surface area (Å²) in [5.41, 5.74) is 1.07. The Morgan fingerprint density at radius 1 is 1.31 bits per heavy atom. The molecule has 0 aliphatic carbocycles. The summed E-state index contributed by atoms with van der Waals surface area (Å²) in [7, 11) is 3.51. The number of nitrogens with one attached hydrogen (secondary N) is 1. The van der Waals surface area contributed by atoms with Crippen LogP contribution in [0.1, 0.15) is 5.69 Å². The van der Waals surface area contributed by atoms with Crippen LogP contribution in [0.25, 0.3) is 0 Å². The van der Waals surface area contributed by atoms with Crippen LogP contribution < -0.4 is 10.1 Å². The van der Waals surface area contributed by atoms with E-state index in [4.69, 9.17) is 4.74 Å². The lowest BCUT2D eigenvalue weighted by atomic mass is 10.4. The molecule has 0 fully saturated rings. The van der Waals surface area contributed by atoms with E-state index in [0.717, 1.165) is 5.69 Å². The highest BCUT2D eigenvalue weighted by molar-refractivity contribution is 5.33. The van der Waals surface area contributed by atoms with E-state index in [1.807, 2.05) is 11.6 Å². The Morgan fingerprint density at radius 2 is 2.19 bits per heavy atom. The van der Waals surface area contributed by atoms with Gasteiger partial charge in [0.2, 0.25) is 5.88 Å². The van der Waals surface area contributed by atoms with Gasteiger partial charge in [-0.25, -0.2) is 4.98 Å². The average molecular weight is 219 g/mol. The molecule has 0 saturated heterocycles. The molecule has 0 saturated carbocycles. The number of ether oxygens (including phenoxy) is 1. The van der Waals surface area contributed by atoms with Crippen molar-refractivity contribution in [1.82, 2.24) is 19.5 Å². The predicted octanol–water partition coefficient (Wildman–Crippen LogP) is 0.831. The van der Waals surface area contributed by atoms with E-state index < -0.39 is 0 Å². The fourth-order valence-electron chi connectivity index (χ4n) is 1.27. The maximum absolute atomic E-state index is 4.98. The molecule has 2 heterocycles. The van der Waals surface area contributed by atoms with E-state index in [9.17, 15) is 0 Å². The van der Waals surface area contributed by atoms with Gasteiger partial charge in [0, 0.05) is 13.2 Å². The van der Waals surface area contributed by atoms with Crippen molar-refractivity contribution in [2.24, 2.45) is 7.05 Å². The Bertz CT molecular complexity index is 468. The first kappa shape index (κ1) is 10.4. The van der Waals surface area contributed by atoms with Gasteiger partial charge in [-0.1, -0.05) is 0 Å². The molecule has 0 bridgehead atoms. The van der Waals surface area contributed by atoms with Gasteiger partial charge in [-0.3, -0.25) is 4.98 Å². The molecule has 1 N–H and O–H groups in total. The van der Waals surface area contributed by atoms with E-state index in [0.29, 0.717) is 18.2 Å². The molecule has 0 atom stereocenters. The Balaban J connectivity index is 2.02. The Labute approximate surface area is 93.3 Å². The Kier molecular flexibility index (Phi) is 3.00. The molecular weight excluding hydrogens is 206 g/mol. The summed E-state index contributed by atoms with van der Waals surface area (Å²) in [4.78, 5) is 12.2. The molecule has 0 amide bonds. The zero-order chi connectivity index (χ0) is 11.4. The summed E-state index contributed by atoms with van der Waals surface area (Å²) in [6.45, 7) is 0.651. The van der Waals surface area contributed by atoms with E-state index in [-0.39, 0.29) is 0 Å². The number of rotatable bonds is 4. The van der Waals surface area contributed by atoms with Crippen molar-refractivity contribution in [3.05, 3.63) is 30.6 Å². The quantitative estimate of drug-likeness (QED) is 0.825. The highest BCUT2D eigenvalue weighted by Gasteiger charge is 2.00. The minimum absolute atomic E-state index is 0.495. The first-order valence-electron chi connectivity index (χ1n) is 4.84. The zero-order valence-electron chi connectivity index (χ0n) is 9.21. The second-order valence-electron chi connectivity index (χ2n) is 3.30. The number of anilines is 1. The van der Waals surface area contributed by atoms with Crippen molar-refractivity contribution in [3.63, 3.8) is 0 Å². The Morgan fingerprint density at radius 3 is 2.88 bits per heavy atom. The summed E-state index contributed by atoms with van der Waals surface area (Å²) in [5, 5.41) is 3.15. The smallest absolute Gasteiger partial charge is 0.233 e. The van der Waals surface area contributed by atoms with Gasteiger partial charge in [-0.15, -0.1) is 0 Å². The maximum Gasteiger partial charge on any atom is 0.233 e. The van der Waals surface area contributed by atoms with Gasteiger partial charge in [0.15, 0.2) is 0 Å². The molecule has 84 valence electrons. The number of aryl methyl sites for hydroxylation is 1. The van der Waals surface area contributed by atoms with Crippen LogP contribution in [-0.2, 0) is 13.6 Å². The standard InChI is InChI=1S/C10H13N5O/c1-15-7-12-3-8(15)4-13-9-5-11-6-10(14-9)16-2/h3,5-7H,4H2,1-2H3,(H,13,14). The minimum atomic E-state index is 0.495. The normalized spacial score (nSPS) is 10.1. The third kappa shape index (κ3) is 2.28. The third-order valence-corrected chi connectivity index (χ3v) is 2.19. The van der Waals surface area contributed by atoms with Crippen LogP contribution in [0.15, 0.2) is 24.9 Å². The van der Waals surface area contributed by atoms with Gasteiger partial charge in [0.1, 0.15) is 5.82 Å². The SMILES string of the molecule is COc1cncc(NCc2cncn2C)n1. The summed E-state index contributed by atoms with van der Waals surface area (Å²) in [6, 6.07) is 0. The average Bonchev–Trinajstić information content (AvgIpc) is 2.72. The number of nitrogens with zero attached hydrogens (tertiary/aromatic N) is 4. The van der Waals surface area contributed by atoms with Gasteiger partial charge in [-0.05, 0) is 0 Å². The predicted molar refractivity (Wildman–Crippen MR) is 59.1 cm³/mol. The fraction of sp³-hybridized carbons (Fsp3) is 0.300. The van der Waals surface area contributed by atoms with Crippen LogP contribution in [0.2, 0.25) is 0 Å². The largest absolute Gasteiger partial charge is 0.480 e. The molecule has 0 radical (unpaired) electrons. The number of methoxy groups -OCH3 is 1. The monoisotopic (exact) mass is 219 g/mol. The molecule has 2 aromatic heterocycles. The molecule has 6 heteroatoms. The molecule has 2 rings (SSSR count). The van der Waals surface area contributed by atoms with E-state index in [2.05, 4.69) is 20.3 Å². The first-order chi connectivity index (χ1) is 7.79. The second kappa shape index (κ2) is 4.61. The molecule has 2 aromatic rings. The third-order valence-electron chi connectivity index (χ3n) is 2.19. The molecule has 6 nitrogen and oxygen atoms in total. The van der Waals surface area contributed by atoms with Gasteiger partial charge in [-0.2, -0.15) is 4.98 Å². The summed E-state index contributed by atoms with van der Waals surface area (Å²) in [5.74, 6) is 1.18. The lowest BCUT2D eigenvalue weighted by molar-refractivity contribution is 0.396. The van der Waals surface area contributed by atoms with E-state index >= 15 is 0 Å². The number of imidazole rings is 1. The number of hydrogen-bond donors (Lipinski definition) is 1. The van der Waals surface area contributed by atoms with Crippen molar-refractivity contribution >= 4 is 5.82 Å². The van der Waals surface area contributed by atoms with Crippen LogP contribution >= 0.6 is 0 Å². The lowest BCUT2D eigenvalue weighted by Gasteiger charge is -2.06. The van der Waals surface area contributed by atoms with E-state index in [1.54, 1.807) is 32.0 Å². The van der Waals surface area contributed by atoms with E-state index in [1.165, 1.54) is 0 Å². The molecule has 0 aromatic carbocycles. The topological polar surface area (TPSA) is 64.9 Å². The number of aromatic nitrogens is 4. The molecule has 16 heavy (non-hydrogen) atoms. The van der Waals surface area contributed by atoms with Crippen molar-refractivity contribution in [1.29, 1.82) is 0 Å². The molecule has 0 aliphatic heterocycles. The molecular formula is C10H13N5O. The summed E-state index contributed by atoms with van der Waals surface area (Å²) < 4.78 is 6.93. The van der Waals surface area contributed by atoms with Crippen molar-refractivity contribution in [3.8, 4) is 5.88 Å².